The fourth-order valence-electron chi connectivity index (χ4n) is 6.21. The summed E-state index contributed by atoms with van der Waals surface area (Å²) in [5.74, 6) is -0.988. The summed E-state index contributed by atoms with van der Waals surface area (Å²) < 4.78 is 16.7. The number of ether oxygens (including phenoxy) is 3. The van der Waals surface area contributed by atoms with Gasteiger partial charge in [0.05, 0.1) is 0 Å². The molecule has 6 heteroatoms. The molecule has 0 saturated heterocycles. The van der Waals surface area contributed by atoms with E-state index in [1.165, 1.54) is 57.8 Å². The molecule has 0 amide bonds. The Balaban J connectivity index is 4.41. The van der Waals surface area contributed by atoms with E-state index in [-0.39, 0.29) is 37.5 Å². The number of unbranched alkanes of at least 4 members (excludes halogenated alkanes) is 16. The van der Waals surface area contributed by atoms with E-state index in [2.05, 4.69) is 118 Å². The number of hydrogen-bond acceptors (Lipinski definition) is 6. The molecule has 0 aliphatic rings. The highest BCUT2D eigenvalue weighted by Crippen LogP contribution is 2.13. The minimum absolute atomic E-state index is 0.106. The molecule has 0 heterocycles. The smallest absolute Gasteiger partial charge is 0.306 e. The summed E-state index contributed by atoms with van der Waals surface area (Å²) in [4.78, 5) is 37.8. The van der Waals surface area contributed by atoms with Crippen molar-refractivity contribution in [2.24, 2.45) is 0 Å². The van der Waals surface area contributed by atoms with Crippen LogP contribution in [0.25, 0.3) is 0 Å². The van der Waals surface area contributed by atoms with E-state index in [1.807, 2.05) is 0 Å². The van der Waals surface area contributed by atoms with E-state index < -0.39 is 6.10 Å². The summed E-state index contributed by atoms with van der Waals surface area (Å²) in [6, 6.07) is 0. The lowest BCUT2D eigenvalue weighted by atomic mass is 10.1. The van der Waals surface area contributed by atoms with Crippen LogP contribution in [-0.2, 0) is 28.6 Å². The summed E-state index contributed by atoms with van der Waals surface area (Å²) in [6.07, 6.45) is 62.6. The molecule has 6 nitrogen and oxygen atoms in total. The van der Waals surface area contributed by atoms with Crippen LogP contribution in [0.5, 0.6) is 0 Å². The normalized spacial score (nSPS) is 12.9. The van der Waals surface area contributed by atoms with Crippen LogP contribution < -0.4 is 0 Å². The van der Waals surface area contributed by atoms with Crippen molar-refractivity contribution in [1.82, 2.24) is 0 Å². The molecule has 1 unspecified atom stereocenters. The van der Waals surface area contributed by atoms with Gasteiger partial charge in [0.1, 0.15) is 13.2 Å². The molecule has 0 aromatic rings. The Morgan fingerprint density at radius 3 is 1.17 bits per heavy atom. The highest BCUT2D eigenvalue weighted by atomic mass is 16.6. The average molecular weight is 833 g/mol. The highest BCUT2D eigenvalue weighted by molar-refractivity contribution is 5.71. The summed E-state index contributed by atoms with van der Waals surface area (Å²) in [7, 11) is 0. The van der Waals surface area contributed by atoms with Gasteiger partial charge in [-0.3, -0.25) is 14.4 Å². The summed E-state index contributed by atoms with van der Waals surface area (Å²) in [6.45, 7) is 6.27. The minimum Gasteiger partial charge on any atom is -0.462 e. The van der Waals surface area contributed by atoms with Gasteiger partial charge in [-0.05, 0) is 103 Å². The van der Waals surface area contributed by atoms with Crippen molar-refractivity contribution in [3.63, 3.8) is 0 Å². The molecule has 340 valence electrons. The second-order valence-electron chi connectivity index (χ2n) is 15.6. The number of hydrogen-bond donors (Lipinski definition) is 0. The lowest BCUT2D eigenvalue weighted by Crippen LogP contribution is -2.30. The van der Waals surface area contributed by atoms with Gasteiger partial charge >= 0.3 is 17.9 Å². The van der Waals surface area contributed by atoms with Crippen LogP contribution in [-0.4, -0.2) is 37.2 Å². The molecule has 0 aliphatic heterocycles. The zero-order chi connectivity index (χ0) is 43.7. The zero-order valence-electron chi connectivity index (χ0n) is 38.7. The van der Waals surface area contributed by atoms with Crippen LogP contribution in [0.2, 0.25) is 0 Å². The van der Waals surface area contributed by atoms with Crippen molar-refractivity contribution in [2.75, 3.05) is 13.2 Å². The largest absolute Gasteiger partial charge is 0.462 e. The molecule has 0 N–H and O–H groups in total. The van der Waals surface area contributed by atoms with Gasteiger partial charge in [-0.1, -0.05) is 182 Å². The lowest BCUT2D eigenvalue weighted by molar-refractivity contribution is -0.167. The molecule has 0 rings (SSSR count). The van der Waals surface area contributed by atoms with E-state index in [0.29, 0.717) is 19.3 Å². The first-order valence-corrected chi connectivity index (χ1v) is 24.3. The zero-order valence-corrected chi connectivity index (χ0v) is 38.7. The number of allylic oxidation sites excluding steroid dienone is 16. The number of rotatable bonds is 42. The van der Waals surface area contributed by atoms with Gasteiger partial charge in [0.15, 0.2) is 6.10 Å². The fraction of sp³-hybridized carbons (Fsp3) is 0.648. The summed E-state index contributed by atoms with van der Waals surface area (Å²) in [5.41, 5.74) is 0. The molecule has 0 fully saturated rings. The molecule has 1 atom stereocenters. The van der Waals surface area contributed by atoms with Gasteiger partial charge in [0.25, 0.3) is 0 Å². The van der Waals surface area contributed by atoms with E-state index in [9.17, 15) is 14.4 Å². The predicted octanol–water partition coefficient (Wildman–Crippen LogP) is 15.8. The minimum atomic E-state index is -0.809. The van der Waals surface area contributed by atoms with Crippen molar-refractivity contribution in [2.45, 2.75) is 213 Å². The third-order valence-corrected chi connectivity index (χ3v) is 9.83. The topological polar surface area (TPSA) is 78.9 Å². The molecule has 60 heavy (non-hydrogen) atoms. The quantitative estimate of drug-likeness (QED) is 0.0200. The first kappa shape index (κ1) is 56.3. The molecule has 0 bridgehead atoms. The highest BCUT2D eigenvalue weighted by Gasteiger charge is 2.19. The molecule has 0 spiro atoms. The first-order chi connectivity index (χ1) is 29.5. The number of carbonyl (C=O) groups excluding carboxylic acids is 3. The van der Waals surface area contributed by atoms with Crippen LogP contribution >= 0.6 is 0 Å². The Hall–Kier alpha value is -3.67. The van der Waals surface area contributed by atoms with E-state index in [0.717, 1.165) is 103 Å². The third kappa shape index (κ3) is 45.4. The van der Waals surface area contributed by atoms with E-state index in [1.54, 1.807) is 0 Å². The Kier molecular flexibility index (Phi) is 45.1. The number of esters is 3. The van der Waals surface area contributed by atoms with Crippen LogP contribution in [0.3, 0.4) is 0 Å². The van der Waals surface area contributed by atoms with Crippen molar-refractivity contribution in [3.8, 4) is 0 Å². The summed E-state index contributed by atoms with van der Waals surface area (Å²) >= 11 is 0. The molecule has 0 aliphatic carbocycles. The second kappa shape index (κ2) is 48.0. The summed E-state index contributed by atoms with van der Waals surface area (Å²) in [5, 5.41) is 0. The second-order valence-corrected chi connectivity index (χ2v) is 15.6. The van der Waals surface area contributed by atoms with Crippen molar-refractivity contribution >= 4 is 17.9 Å². The van der Waals surface area contributed by atoms with Gasteiger partial charge in [-0.2, -0.15) is 0 Å². The molecular weight excluding hydrogens is 745 g/mol. The van der Waals surface area contributed by atoms with Crippen molar-refractivity contribution in [3.05, 3.63) is 97.2 Å². The average Bonchev–Trinajstić information content (AvgIpc) is 3.24. The van der Waals surface area contributed by atoms with Crippen LogP contribution in [0.4, 0.5) is 0 Å². The van der Waals surface area contributed by atoms with Crippen LogP contribution in [0.15, 0.2) is 97.2 Å². The van der Waals surface area contributed by atoms with Gasteiger partial charge in [-0.25, -0.2) is 0 Å². The van der Waals surface area contributed by atoms with Gasteiger partial charge in [-0.15, -0.1) is 0 Å². The lowest BCUT2D eigenvalue weighted by Gasteiger charge is -2.18. The molecule has 0 saturated carbocycles. The Morgan fingerprint density at radius 2 is 0.700 bits per heavy atom. The maximum atomic E-state index is 12.7. The molecule has 0 aromatic heterocycles. The van der Waals surface area contributed by atoms with Crippen molar-refractivity contribution < 1.29 is 28.6 Å². The van der Waals surface area contributed by atoms with Gasteiger partial charge in [0.2, 0.25) is 0 Å². The third-order valence-electron chi connectivity index (χ3n) is 9.83. The first-order valence-electron chi connectivity index (χ1n) is 24.3. The van der Waals surface area contributed by atoms with Gasteiger partial charge < -0.3 is 14.2 Å². The van der Waals surface area contributed by atoms with Gasteiger partial charge in [0, 0.05) is 19.3 Å². The molecular formula is C54H88O6. The maximum absolute atomic E-state index is 12.7. The van der Waals surface area contributed by atoms with Crippen LogP contribution in [0, 0.1) is 0 Å². The van der Waals surface area contributed by atoms with Crippen LogP contribution in [0.1, 0.15) is 207 Å². The Labute approximate surface area is 368 Å². The van der Waals surface area contributed by atoms with E-state index >= 15 is 0 Å². The SMILES string of the molecule is CC/C=C\C/C=C\C/C=C\CCCCCCCCCCCC(=O)OCC(COC(=O)CCCCC/C=C\C=C/CCCC)OC(=O)CCCC/C=C\C/C=C\C/C=C\CC. The van der Waals surface area contributed by atoms with Crippen molar-refractivity contribution in [1.29, 1.82) is 0 Å². The van der Waals surface area contributed by atoms with E-state index in [4.69, 9.17) is 14.2 Å². The molecule has 0 aromatic carbocycles. The maximum Gasteiger partial charge on any atom is 0.306 e. The molecule has 0 radical (unpaired) electrons. The monoisotopic (exact) mass is 833 g/mol. The standard InChI is InChI=1S/C54H88O6/c1-4-7-10-13-16-19-22-24-25-26-27-28-29-30-33-35-38-41-44-47-53(56)59-50-51(49-58-52(55)46-43-40-37-34-31-21-18-15-12-9-6-3)60-54(57)48-45-42-39-36-32-23-20-17-14-11-8-5-2/h7-8,10-11,15-21,24-25,31-32,36,51H,4-6,9,12-14,22-23,26-30,33-35,37-50H2,1-3H3/b10-7-,11-8-,18-15-,19-16-,20-17-,25-24-,31-21-,36-32-. The fourth-order valence-corrected chi connectivity index (χ4v) is 6.21. The predicted molar refractivity (Wildman–Crippen MR) is 256 cm³/mol. The Morgan fingerprint density at radius 1 is 0.367 bits per heavy atom. The number of carbonyl (C=O) groups is 3. The Bertz CT molecular complexity index is 1230.